The molecule has 5 heteroatoms. The molecule has 0 saturated carbocycles. The Bertz CT molecular complexity index is 3080. The summed E-state index contributed by atoms with van der Waals surface area (Å²) in [5, 5.41) is 14.2. The van der Waals surface area contributed by atoms with Gasteiger partial charge in [0.05, 0.1) is 39.6 Å². The number of hydrogen-bond acceptors (Lipinski definition) is 2. The quantitative estimate of drug-likeness (QED) is 0.163. The van der Waals surface area contributed by atoms with Crippen molar-refractivity contribution in [3.05, 3.63) is 192 Å². The van der Waals surface area contributed by atoms with Gasteiger partial charge in [-0.15, -0.1) is 18.9 Å². The first-order valence-corrected chi connectivity index (χ1v) is 21.4. The van der Waals surface area contributed by atoms with Crippen molar-refractivity contribution in [2.45, 2.75) is 12.8 Å². The van der Waals surface area contributed by atoms with Crippen LogP contribution < -0.4 is 0 Å². The van der Waals surface area contributed by atoms with Crippen LogP contribution in [-0.4, -0.2) is 22.1 Å². The van der Waals surface area contributed by atoms with E-state index in [0.29, 0.717) is 5.56 Å². The van der Waals surface area contributed by atoms with Crippen LogP contribution in [0.5, 0.6) is 0 Å². The molecule has 0 saturated heterocycles. The first-order chi connectivity index (χ1) is 26.1. The molecule has 4 heterocycles. The Morgan fingerprint density at radius 3 is 2.17 bits per heavy atom. The summed E-state index contributed by atoms with van der Waals surface area (Å²) in [6.07, 6.45) is 2.46. The summed E-state index contributed by atoms with van der Waals surface area (Å²) in [6, 6.07) is 58.3. The van der Waals surface area contributed by atoms with Gasteiger partial charge < -0.3 is 4.57 Å². The zero-order chi connectivity index (χ0) is 35.6. The molecule has 3 aromatic heterocycles. The summed E-state index contributed by atoms with van der Waals surface area (Å²) in [5.41, 5.74) is 12.1. The molecular formula is C48H33IN4. The second-order valence-electron chi connectivity index (χ2n) is 13.5. The zero-order valence-electron chi connectivity index (χ0n) is 29.0. The SMILES string of the molecule is C=I(=C(C)c1ccc(C#N)cc1)/C(=C\[C@@H]1c2ccc3c4ccc5c(c6ccccc6n5-c5ccccc5)c4n(c3n2)-c2ccccc21)c1ccccc1. The molecule has 53 heavy (non-hydrogen) atoms. The first kappa shape index (κ1) is 31.5. The van der Waals surface area contributed by atoms with E-state index in [-0.39, 0.29) is 5.92 Å². The van der Waals surface area contributed by atoms with Crippen LogP contribution >= 0.6 is 18.9 Å². The number of aromatic nitrogens is 3. The topological polar surface area (TPSA) is 46.5 Å². The van der Waals surface area contributed by atoms with Crippen LogP contribution in [0.3, 0.4) is 0 Å². The second kappa shape index (κ2) is 12.5. The molecular weight excluding hydrogens is 759 g/mol. The lowest BCUT2D eigenvalue weighted by Gasteiger charge is -2.19. The minimum Gasteiger partial charge on any atom is -0.309 e. The third kappa shape index (κ3) is 4.90. The second-order valence-corrected chi connectivity index (χ2v) is 18.3. The molecule has 252 valence electrons. The Balaban J connectivity index is 1.26. The van der Waals surface area contributed by atoms with E-state index in [1.54, 1.807) is 0 Å². The molecule has 4 nitrogen and oxygen atoms in total. The van der Waals surface area contributed by atoms with Crippen molar-refractivity contribution in [3.8, 4) is 17.4 Å². The monoisotopic (exact) mass is 792 g/mol. The molecule has 0 spiro atoms. The summed E-state index contributed by atoms with van der Waals surface area (Å²) in [5.74, 6) is -0.0825. The lowest BCUT2D eigenvalue weighted by molar-refractivity contribution is 0.980. The minimum atomic E-state index is -2.18. The van der Waals surface area contributed by atoms with Crippen molar-refractivity contribution in [3.63, 3.8) is 0 Å². The van der Waals surface area contributed by atoms with Gasteiger partial charge in [-0.2, -0.15) is 5.26 Å². The van der Waals surface area contributed by atoms with Gasteiger partial charge >= 0.3 is 0 Å². The molecule has 1 aliphatic heterocycles. The van der Waals surface area contributed by atoms with E-state index in [2.05, 4.69) is 174 Å². The summed E-state index contributed by atoms with van der Waals surface area (Å²) >= 11 is -2.18. The van der Waals surface area contributed by atoms with Crippen LogP contribution in [0.25, 0.3) is 58.7 Å². The Hall–Kier alpha value is -6.23. The standard InChI is InChI=1S/C48H33IN4/c1-31(33-23-21-32(30-50)22-24-33)49(2)41(34-13-5-3-6-14-34)29-40-36-17-9-11-19-43(36)53-47-37(38-25-27-42(40)51-48(38)53)26-28-45-46(47)39-18-10-12-20-44(39)52(45)35-15-7-4-8-16-35/h3-29,40H,2H2,1H3/b41-29-/t40-/m0/s1. The molecule has 0 amide bonds. The van der Waals surface area contributed by atoms with Crippen LogP contribution in [0.2, 0.25) is 0 Å². The number of para-hydroxylation sites is 3. The van der Waals surface area contributed by atoms with Gasteiger partial charge in [0.15, 0.2) is 0 Å². The molecule has 0 N–H and O–H groups in total. The van der Waals surface area contributed by atoms with Crippen molar-refractivity contribution < 1.29 is 0 Å². The number of allylic oxidation sites excluding steroid dienone is 1. The highest BCUT2D eigenvalue weighted by atomic mass is 127. The summed E-state index contributed by atoms with van der Waals surface area (Å²) in [4.78, 5) is 5.54. The fraction of sp³-hybridized carbons (Fsp3) is 0.0417. The predicted octanol–water partition coefficient (Wildman–Crippen LogP) is 11.8. The number of nitriles is 1. The van der Waals surface area contributed by atoms with E-state index >= 15 is 0 Å². The molecule has 0 aliphatic carbocycles. The van der Waals surface area contributed by atoms with Crippen molar-refractivity contribution in [1.29, 1.82) is 5.26 Å². The highest BCUT2D eigenvalue weighted by Gasteiger charge is 2.28. The number of pyridine rings is 1. The fourth-order valence-electron chi connectivity index (χ4n) is 8.10. The highest BCUT2D eigenvalue weighted by molar-refractivity contribution is 14.2. The van der Waals surface area contributed by atoms with Gasteiger partial charge in [0.1, 0.15) is 5.65 Å². The average Bonchev–Trinajstić information content (AvgIpc) is 3.71. The van der Waals surface area contributed by atoms with E-state index < -0.39 is 18.9 Å². The average molecular weight is 793 g/mol. The van der Waals surface area contributed by atoms with Crippen LogP contribution in [0.4, 0.5) is 0 Å². The Kier molecular flexibility index (Phi) is 7.41. The lowest BCUT2D eigenvalue weighted by Crippen LogP contribution is -2.03. The third-order valence-corrected chi connectivity index (χ3v) is 15.6. The van der Waals surface area contributed by atoms with Crippen LogP contribution in [0, 0.1) is 11.3 Å². The Morgan fingerprint density at radius 1 is 0.679 bits per heavy atom. The van der Waals surface area contributed by atoms with Gasteiger partial charge in [-0.25, -0.2) is 4.98 Å². The van der Waals surface area contributed by atoms with E-state index in [9.17, 15) is 5.26 Å². The molecule has 0 fully saturated rings. The minimum absolute atomic E-state index is 0.0825. The molecule has 2 bridgehead atoms. The van der Waals surface area contributed by atoms with Crippen molar-refractivity contribution in [2.75, 3.05) is 0 Å². The molecule has 1 atom stereocenters. The summed E-state index contributed by atoms with van der Waals surface area (Å²) in [7, 11) is 0. The van der Waals surface area contributed by atoms with Gasteiger partial charge in [0.25, 0.3) is 0 Å². The van der Waals surface area contributed by atoms with Crippen LogP contribution in [-0.2, 0) is 0 Å². The van der Waals surface area contributed by atoms with Gasteiger partial charge in [0, 0.05) is 36.7 Å². The summed E-state index contributed by atoms with van der Waals surface area (Å²) in [6.45, 7) is 2.22. The normalized spacial score (nSPS) is 14.8. The predicted molar refractivity (Wildman–Crippen MR) is 231 cm³/mol. The fourth-order valence-corrected chi connectivity index (χ4v) is 12.0. The third-order valence-electron chi connectivity index (χ3n) is 10.6. The Morgan fingerprint density at radius 2 is 1.38 bits per heavy atom. The van der Waals surface area contributed by atoms with Gasteiger partial charge in [-0.3, -0.25) is 4.57 Å². The summed E-state index contributed by atoms with van der Waals surface area (Å²) < 4.78 is 12.3. The van der Waals surface area contributed by atoms with E-state index in [4.69, 9.17) is 9.50 Å². The zero-order valence-corrected chi connectivity index (χ0v) is 31.2. The highest BCUT2D eigenvalue weighted by Crippen LogP contribution is 2.47. The van der Waals surface area contributed by atoms with E-state index in [1.807, 2.05) is 12.1 Å². The number of nitrogens with zero attached hydrogens (tertiary/aromatic N) is 4. The number of hydrogen-bond donors (Lipinski definition) is 0. The van der Waals surface area contributed by atoms with Gasteiger partial charge in [-0.05, 0) is 81.7 Å². The molecule has 1 aliphatic rings. The maximum atomic E-state index is 9.42. The number of benzene rings is 6. The van der Waals surface area contributed by atoms with Gasteiger partial charge in [-0.1, -0.05) is 114 Å². The van der Waals surface area contributed by atoms with Crippen molar-refractivity contribution in [1.82, 2.24) is 14.1 Å². The molecule has 10 rings (SSSR count). The smallest absolute Gasteiger partial charge is 0.145 e. The van der Waals surface area contributed by atoms with Crippen molar-refractivity contribution in [2.24, 2.45) is 0 Å². The largest absolute Gasteiger partial charge is 0.309 e. The molecule has 0 radical (unpaired) electrons. The molecule has 0 unspecified atom stereocenters. The number of rotatable bonds is 5. The van der Waals surface area contributed by atoms with Gasteiger partial charge in [0.2, 0.25) is 0 Å². The first-order valence-electron chi connectivity index (χ1n) is 17.7. The van der Waals surface area contributed by atoms with E-state index in [1.165, 1.54) is 50.9 Å². The molecule has 9 aromatic rings. The molecule has 6 aromatic carbocycles. The maximum Gasteiger partial charge on any atom is 0.145 e. The van der Waals surface area contributed by atoms with Crippen LogP contribution in [0.15, 0.2) is 164 Å². The lowest BCUT2D eigenvalue weighted by atomic mass is 9.92. The maximum absolute atomic E-state index is 9.42. The number of fused-ring (bicyclic) bond motifs is 10. The van der Waals surface area contributed by atoms with E-state index in [0.717, 1.165) is 33.7 Å². The number of halogens is 1. The Labute approximate surface area is 313 Å². The van der Waals surface area contributed by atoms with Crippen LogP contribution in [0.1, 0.15) is 40.8 Å². The van der Waals surface area contributed by atoms with Crippen molar-refractivity contribution >= 4 is 74.2 Å².